The summed E-state index contributed by atoms with van der Waals surface area (Å²) in [5, 5.41) is 19.0. The maximum Gasteiger partial charge on any atom is 0.323 e. The lowest BCUT2D eigenvalue weighted by Gasteiger charge is -2.21. The number of nitro benzene ring substituents is 1. The van der Waals surface area contributed by atoms with E-state index in [1.807, 2.05) is 0 Å². The van der Waals surface area contributed by atoms with Crippen LogP contribution in [0.5, 0.6) is 34.5 Å². The van der Waals surface area contributed by atoms with E-state index in [2.05, 4.69) is 71.9 Å². The van der Waals surface area contributed by atoms with Gasteiger partial charge in [-0.1, -0.05) is 350 Å². The second kappa shape index (κ2) is 55.9. The molecule has 0 N–H and O–H groups in total. The van der Waals surface area contributed by atoms with Gasteiger partial charge in [-0.3, -0.25) is 10.1 Å². The lowest BCUT2D eigenvalue weighted by molar-refractivity contribution is -0.384. The first-order valence-electron chi connectivity index (χ1n) is 40.4. The van der Waals surface area contributed by atoms with Gasteiger partial charge in [-0.25, -0.2) is 0 Å². The van der Waals surface area contributed by atoms with Crippen molar-refractivity contribution in [2.45, 2.75) is 388 Å². The lowest BCUT2D eigenvalue weighted by atomic mass is 9.92. The number of hydrogen-bond acceptors (Lipinski definition) is 8. The number of unbranched alkanes of at least 4 members (excludes halogenated alkanes) is 48. The number of hydrogen-bond donors (Lipinski definition) is 0. The SMILES string of the molecule is CCCCCCCCCCCOc1cc2c3cc(OCCCCCCCCCCC)c(OCCCCCCCCCCC)cc3c3c([N+](=O)[O-])c(OCCCCCCCCCCC)c(OCCCCCCCCCCC)cc3c2cc1OCCCCCCCCCCC. The highest BCUT2D eigenvalue weighted by atomic mass is 16.6. The third-order valence-corrected chi connectivity index (χ3v) is 19.4. The van der Waals surface area contributed by atoms with Crippen LogP contribution >= 0.6 is 0 Å². The zero-order chi connectivity index (χ0) is 66.3. The Balaban J connectivity index is 1.89. The molecule has 0 saturated heterocycles. The van der Waals surface area contributed by atoms with Crippen molar-refractivity contribution in [3.63, 3.8) is 0 Å². The molecule has 4 aromatic carbocycles. The summed E-state index contributed by atoms with van der Waals surface area (Å²) in [5.41, 5.74) is -0.0477. The number of fused-ring (bicyclic) bond motifs is 6. The minimum absolute atomic E-state index is 0.0477. The van der Waals surface area contributed by atoms with Gasteiger partial charge >= 0.3 is 5.69 Å². The normalized spacial score (nSPS) is 11.6. The molecule has 0 aromatic heterocycles. The molecule has 4 aromatic rings. The maximum absolute atomic E-state index is 14.3. The lowest BCUT2D eigenvalue weighted by Crippen LogP contribution is -2.07. The molecule has 0 heterocycles. The van der Waals surface area contributed by atoms with Crippen molar-refractivity contribution in [2.75, 3.05) is 39.6 Å². The van der Waals surface area contributed by atoms with Gasteiger partial charge in [-0.2, -0.15) is 0 Å². The summed E-state index contributed by atoms with van der Waals surface area (Å²) >= 11 is 0. The average molecular weight is 1300 g/mol. The van der Waals surface area contributed by atoms with E-state index in [4.69, 9.17) is 28.4 Å². The fraction of sp³-hybridized carbons (Fsp3) is 0.786. The molecule has 0 fully saturated rings. The van der Waals surface area contributed by atoms with Crippen LogP contribution in [0.4, 0.5) is 5.69 Å². The van der Waals surface area contributed by atoms with Gasteiger partial charge in [-0.15, -0.1) is 0 Å². The minimum Gasteiger partial charge on any atom is -0.490 e. The second-order valence-corrected chi connectivity index (χ2v) is 28.0. The van der Waals surface area contributed by atoms with Crippen molar-refractivity contribution in [1.29, 1.82) is 0 Å². The van der Waals surface area contributed by atoms with Crippen LogP contribution in [-0.2, 0) is 0 Å². The Bertz CT molecular complexity index is 2380. The molecule has 0 aliphatic heterocycles. The highest BCUT2D eigenvalue weighted by Crippen LogP contribution is 2.52. The average Bonchev–Trinajstić information content (AvgIpc) is 0.720. The summed E-state index contributed by atoms with van der Waals surface area (Å²) in [6.07, 6.45) is 65.6. The molecule has 532 valence electrons. The largest absolute Gasteiger partial charge is 0.490 e. The van der Waals surface area contributed by atoms with E-state index < -0.39 is 0 Å². The molecule has 0 amide bonds. The smallest absolute Gasteiger partial charge is 0.323 e. The quantitative estimate of drug-likeness (QED) is 0.0187. The topological polar surface area (TPSA) is 98.5 Å². The predicted molar refractivity (Wildman–Crippen MR) is 402 cm³/mol. The summed E-state index contributed by atoms with van der Waals surface area (Å²) < 4.78 is 41.2. The molecule has 9 nitrogen and oxygen atoms in total. The van der Waals surface area contributed by atoms with Gasteiger partial charge in [0, 0.05) is 10.8 Å². The molecule has 0 bridgehead atoms. The van der Waals surface area contributed by atoms with Crippen LogP contribution in [0, 0.1) is 10.1 Å². The first-order valence-corrected chi connectivity index (χ1v) is 40.4. The van der Waals surface area contributed by atoms with Gasteiger partial charge in [-0.05, 0) is 85.0 Å². The Morgan fingerprint density at radius 1 is 0.237 bits per heavy atom. The Kier molecular flexibility index (Phi) is 48.9. The summed E-state index contributed by atoms with van der Waals surface area (Å²) in [7, 11) is 0. The van der Waals surface area contributed by atoms with E-state index in [0.29, 0.717) is 68.0 Å². The van der Waals surface area contributed by atoms with Gasteiger partial charge in [0.25, 0.3) is 0 Å². The zero-order valence-corrected chi connectivity index (χ0v) is 61.5. The molecule has 0 radical (unpaired) electrons. The van der Waals surface area contributed by atoms with Crippen molar-refractivity contribution in [1.82, 2.24) is 0 Å². The second-order valence-electron chi connectivity index (χ2n) is 28.0. The van der Waals surface area contributed by atoms with Gasteiger partial charge < -0.3 is 28.4 Å². The van der Waals surface area contributed by atoms with Crippen molar-refractivity contribution < 1.29 is 33.3 Å². The number of rotatable bonds is 67. The molecule has 0 atom stereocenters. The number of benzene rings is 4. The molecule has 0 aliphatic carbocycles. The van der Waals surface area contributed by atoms with Crippen LogP contribution in [0.25, 0.3) is 32.3 Å². The fourth-order valence-corrected chi connectivity index (χ4v) is 13.5. The minimum atomic E-state index is -0.203. The molecule has 4 rings (SSSR count). The maximum atomic E-state index is 14.3. The van der Waals surface area contributed by atoms with Gasteiger partial charge in [0.1, 0.15) is 0 Å². The molecule has 93 heavy (non-hydrogen) atoms. The molecule has 0 saturated carbocycles. The monoisotopic (exact) mass is 1290 g/mol. The number of ether oxygens (including phenoxy) is 6. The van der Waals surface area contributed by atoms with E-state index in [9.17, 15) is 10.1 Å². The standard InChI is InChI=1S/C84H143NO8/c1-7-13-19-25-31-37-43-49-55-61-88-77-67-72-73-68-79(90-63-57-51-45-39-33-27-21-15-9-3)80(91-64-58-52-46-40-34-28-22-16-10-4)70-75(73)82-76(74(72)69-78(77)89-62-56-50-44-38-32-26-20-14-8-2)71-81(92-65-59-53-47-41-35-29-23-17-11-5)84(83(82)85(86)87)93-66-60-54-48-42-36-30-24-18-12-6/h67-71H,7-66H2,1-6H3. The number of nitro groups is 1. The zero-order valence-electron chi connectivity index (χ0n) is 61.5. The van der Waals surface area contributed by atoms with E-state index in [-0.39, 0.29) is 16.4 Å². The summed E-state index contributed by atoms with van der Waals surface area (Å²) in [6, 6.07) is 10.6. The van der Waals surface area contributed by atoms with Crippen molar-refractivity contribution in [3.8, 4) is 34.5 Å². The van der Waals surface area contributed by atoms with E-state index >= 15 is 0 Å². The molecular weight excluding hydrogens is 1150 g/mol. The summed E-state index contributed by atoms with van der Waals surface area (Å²) in [4.78, 5) is 14.1. The van der Waals surface area contributed by atoms with Crippen LogP contribution in [-0.4, -0.2) is 44.6 Å². The Morgan fingerprint density at radius 3 is 0.634 bits per heavy atom. The number of nitrogens with zero attached hydrogens (tertiary/aromatic N) is 1. The summed E-state index contributed by atoms with van der Waals surface area (Å²) in [6.45, 7) is 16.8. The van der Waals surface area contributed by atoms with Gasteiger partial charge in [0.05, 0.1) is 50.0 Å². The van der Waals surface area contributed by atoms with Crippen LogP contribution in [0.15, 0.2) is 30.3 Å². The molecular formula is C84H143NO8. The molecule has 0 spiro atoms. The van der Waals surface area contributed by atoms with Crippen LogP contribution in [0.3, 0.4) is 0 Å². The fourth-order valence-electron chi connectivity index (χ4n) is 13.5. The van der Waals surface area contributed by atoms with Crippen LogP contribution in [0.1, 0.15) is 388 Å². The summed E-state index contributed by atoms with van der Waals surface area (Å²) in [5.74, 6) is 3.40. The molecule has 9 heteroatoms. The molecule has 0 unspecified atom stereocenters. The Morgan fingerprint density at radius 2 is 0.409 bits per heavy atom. The van der Waals surface area contributed by atoms with Gasteiger partial charge in [0.2, 0.25) is 5.75 Å². The Hall–Kier alpha value is -4.14. The molecule has 0 aliphatic rings. The highest BCUT2D eigenvalue weighted by molar-refractivity contribution is 6.29. The van der Waals surface area contributed by atoms with Crippen molar-refractivity contribution >= 4 is 38.0 Å². The first-order chi connectivity index (χ1) is 45.9. The third kappa shape index (κ3) is 35.1. The Labute approximate surface area is 571 Å². The van der Waals surface area contributed by atoms with Crippen molar-refractivity contribution in [2.24, 2.45) is 0 Å². The van der Waals surface area contributed by atoms with E-state index in [1.54, 1.807) is 0 Å². The van der Waals surface area contributed by atoms with E-state index in [1.165, 1.54) is 257 Å². The van der Waals surface area contributed by atoms with Crippen LogP contribution < -0.4 is 28.4 Å². The van der Waals surface area contributed by atoms with Crippen molar-refractivity contribution in [3.05, 3.63) is 40.4 Å². The first kappa shape index (κ1) is 81.3. The van der Waals surface area contributed by atoms with Gasteiger partial charge in [0.15, 0.2) is 28.7 Å². The highest BCUT2D eigenvalue weighted by Gasteiger charge is 2.30. The van der Waals surface area contributed by atoms with E-state index in [0.717, 1.165) is 123 Å². The predicted octanol–water partition coefficient (Wildman–Crippen LogP) is 28.5. The third-order valence-electron chi connectivity index (χ3n) is 19.4. The van der Waals surface area contributed by atoms with Crippen LogP contribution in [0.2, 0.25) is 0 Å².